The maximum Gasteiger partial charge on any atom is 0.266 e. The third-order valence-corrected chi connectivity index (χ3v) is 3.02. The van der Waals surface area contributed by atoms with Gasteiger partial charge in [-0.05, 0) is 31.5 Å². The Bertz CT molecular complexity index is 637. The van der Waals surface area contributed by atoms with Gasteiger partial charge in [-0.2, -0.15) is 5.10 Å². The van der Waals surface area contributed by atoms with Gasteiger partial charge in [0.05, 0.1) is 12.3 Å². The Balaban J connectivity index is 2.00. The Kier molecular flexibility index (Phi) is 4.59. The van der Waals surface area contributed by atoms with Crippen molar-refractivity contribution < 1.29 is 14.6 Å². The van der Waals surface area contributed by atoms with Gasteiger partial charge in [-0.15, -0.1) is 0 Å². The van der Waals surface area contributed by atoms with E-state index in [-0.39, 0.29) is 12.5 Å². The number of nitrogens with zero attached hydrogens (tertiary/aromatic N) is 2. The number of aryl methyl sites for hydroxylation is 2. The molecule has 0 spiro atoms. The Morgan fingerprint density at radius 3 is 2.86 bits per heavy atom. The van der Waals surface area contributed by atoms with Crippen molar-refractivity contribution in [3.05, 3.63) is 41.6 Å². The highest BCUT2D eigenvalue weighted by molar-refractivity contribution is 5.93. The first kappa shape index (κ1) is 15.1. The van der Waals surface area contributed by atoms with Gasteiger partial charge in [-0.25, -0.2) is 0 Å². The number of ether oxygens (including phenoxy) is 1. The van der Waals surface area contributed by atoms with E-state index in [0.717, 1.165) is 11.3 Å². The summed E-state index contributed by atoms with van der Waals surface area (Å²) < 4.78 is 7.19. The summed E-state index contributed by atoms with van der Waals surface area (Å²) in [5, 5.41) is 16.0. The fraction of sp³-hybridized carbons (Fsp3) is 0.333. The van der Waals surface area contributed by atoms with Gasteiger partial charge >= 0.3 is 0 Å². The number of anilines is 1. The van der Waals surface area contributed by atoms with Crippen LogP contribution in [-0.2, 0) is 18.4 Å². The van der Waals surface area contributed by atoms with Crippen molar-refractivity contribution in [1.82, 2.24) is 9.78 Å². The third-order valence-electron chi connectivity index (χ3n) is 3.02. The van der Waals surface area contributed by atoms with E-state index in [1.165, 1.54) is 0 Å². The van der Waals surface area contributed by atoms with Crippen LogP contribution in [0.15, 0.2) is 30.3 Å². The number of carbonyl (C=O) groups is 1. The van der Waals surface area contributed by atoms with Crippen LogP contribution in [0, 0.1) is 6.92 Å². The first-order valence-electron chi connectivity index (χ1n) is 6.67. The van der Waals surface area contributed by atoms with E-state index in [1.54, 1.807) is 49.0 Å². The Morgan fingerprint density at radius 2 is 2.24 bits per heavy atom. The number of carbonyl (C=O) groups excluding carboxylic acids is 1. The summed E-state index contributed by atoms with van der Waals surface area (Å²) in [6.45, 7) is 3.46. The zero-order valence-electron chi connectivity index (χ0n) is 12.3. The molecular weight excluding hydrogens is 270 g/mol. The van der Waals surface area contributed by atoms with Gasteiger partial charge in [-0.1, -0.05) is 12.1 Å². The van der Waals surface area contributed by atoms with Crippen LogP contribution in [0.4, 0.5) is 5.82 Å². The van der Waals surface area contributed by atoms with E-state index < -0.39 is 6.10 Å². The Labute approximate surface area is 123 Å². The maximum absolute atomic E-state index is 12.1. The topological polar surface area (TPSA) is 76.4 Å². The molecule has 112 valence electrons. The molecule has 0 radical (unpaired) electrons. The van der Waals surface area contributed by atoms with Crippen LogP contribution in [0.3, 0.4) is 0 Å². The molecule has 0 saturated heterocycles. The average Bonchev–Trinajstić information content (AvgIpc) is 2.77. The zero-order chi connectivity index (χ0) is 15.4. The number of benzene rings is 1. The molecule has 2 rings (SSSR count). The Hall–Kier alpha value is -2.34. The summed E-state index contributed by atoms with van der Waals surface area (Å²) >= 11 is 0. The van der Waals surface area contributed by atoms with Crippen LogP contribution in [0.5, 0.6) is 5.75 Å². The third kappa shape index (κ3) is 3.82. The van der Waals surface area contributed by atoms with Crippen LogP contribution < -0.4 is 10.1 Å². The molecule has 0 saturated carbocycles. The molecule has 1 aromatic carbocycles. The molecular formula is C15H19N3O3. The van der Waals surface area contributed by atoms with Gasteiger partial charge in [0.25, 0.3) is 5.91 Å². The summed E-state index contributed by atoms with van der Waals surface area (Å²) in [5.74, 6) is 0.912. The van der Waals surface area contributed by atoms with Crippen LogP contribution in [0.25, 0.3) is 0 Å². The van der Waals surface area contributed by atoms with Crippen molar-refractivity contribution in [1.29, 1.82) is 0 Å². The quantitative estimate of drug-likeness (QED) is 0.877. The molecule has 1 heterocycles. The predicted octanol–water partition coefficient (Wildman–Crippen LogP) is 1.63. The van der Waals surface area contributed by atoms with Gasteiger partial charge in [0, 0.05) is 13.1 Å². The fourth-order valence-electron chi connectivity index (χ4n) is 1.93. The molecule has 0 fully saturated rings. The SMILES string of the molecule is Cc1cc(NC(=O)C(C)Oc2cccc(CO)c2)n(C)n1. The van der Waals surface area contributed by atoms with Gasteiger partial charge in [0.1, 0.15) is 11.6 Å². The first-order valence-corrected chi connectivity index (χ1v) is 6.67. The van der Waals surface area contributed by atoms with Crippen molar-refractivity contribution in [2.45, 2.75) is 26.6 Å². The average molecular weight is 289 g/mol. The monoisotopic (exact) mass is 289 g/mol. The first-order chi connectivity index (χ1) is 9.99. The van der Waals surface area contributed by atoms with Crippen molar-refractivity contribution in [3.63, 3.8) is 0 Å². The number of hydrogen-bond donors (Lipinski definition) is 2. The molecule has 2 N–H and O–H groups in total. The standard InChI is InChI=1S/C15H19N3O3/c1-10-7-14(18(3)17-10)16-15(20)11(2)21-13-6-4-5-12(8-13)9-19/h4-8,11,19H,9H2,1-3H3,(H,16,20). The highest BCUT2D eigenvalue weighted by atomic mass is 16.5. The minimum Gasteiger partial charge on any atom is -0.481 e. The molecule has 0 bridgehead atoms. The van der Waals surface area contributed by atoms with Crippen molar-refractivity contribution in [2.24, 2.45) is 7.05 Å². The van der Waals surface area contributed by atoms with E-state index >= 15 is 0 Å². The number of amides is 1. The summed E-state index contributed by atoms with van der Waals surface area (Å²) in [6.07, 6.45) is -0.658. The number of aliphatic hydroxyl groups excluding tert-OH is 1. The van der Waals surface area contributed by atoms with Gasteiger partial charge < -0.3 is 15.2 Å². The van der Waals surface area contributed by atoms with E-state index in [0.29, 0.717) is 11.6 Å². The normalized spacial score (nSPS) is 12.0. The number of rotatable bonds is 5. The molecule has 1 aromatic heterocycles. The molecule has 6 heteroatoms. The summed E-state index contributed by atoms with van der Waals surface area (Å²) in [4.78, 5) is 12.1. The van der Waals surface area contributed by atoms with Crippen LogP contribution in [0.2, 0.25) is 0 Å². The second-order valence-electron chi connectivity index (χ2n) is 4.85. The van der Waals surface area contributed by atoms with Crippen molar-refractivity contribution >= 4 is 11.7 Å². The maximum atomic E-state index is 12.1. The molecule has 1 unspecified atom stereocenters. The number of hydrogen-bond acceptors (Lipinski definition) is 4. The van der Waals surface area contributed by atoms with Gasteiger partial charge in [-0.3, -0.25) is 9.48 Å². The predicted molar refractivity (Wildman–Crippen MR) is 79.0 cm³/mol. The lowest BCUT2D eigenvalue weighted by Crippen LogP contribution is -2.30. The lowest BCUT2D eigenvalue weighted by molar-refractivity contribution is -0.122. The molecule has 0 aliphatic rings. The van der Waals surface area contributed by atoms with Crippen molar-refractivity contribution in [3.8, 4) is 5.75 Å². The molecule has 6 nitrogen and oxygen atoms in total. The van der Waals surface area contributed by atoms with E-state index in [9.17, 15) is 4.79 Å². The smallest absolute Gasteiger partial charge is 0.266 e. The lowest BCUT2D eigenvalue weighted by Gasteiger charge is -2.15. The molecule has 1 atom stereocenters. The molecule has 0 aliphatic carbocycles. The van der Waals surface area contributed by atoms with E-state index in [4.69, 9.17) is 9.84 Å². The minimum absolute atomic E-state index is 0.0634. The second-order valence-corrected chi connectivity index (χ2v) is 4.85. The van der Waals surface area contributed by atoms with E-state index in [2.05, 4.69) is 10.4 Å². The van der Waals surface area contributed by atoms with Gasteiger partial charge in [0.15, 0.2) is 6.10 Å². The minimum atomic E-state index is -0.658. The molecule has 21 heavy (non-hydrogen) atoms. The van der Waals surface area contributed by atoms with E-state index in [1.807, 2.05) is 6.92 Å². The zero-order valence-corrected chi connectivity index (χ0v) is 12.3. The lowest BCUT2D eigenvalue weighted by atomic mass is 10.2. The van der Waals surface area contributed by atoms with Crippen molar-refractivity contribution in [2.75, 3.05) is 5.32 Å². The van der Waals surface area contributed by atoms with Crippen LogP contribution in [-0.4, -0.2) is 26.9 Å². The second kappa shape index (κ2) is 6.41. The summed E-state index contributed by atoms with van der Waals surface area (Å²) in [5.41, 5.74) is 1.57. The number of aliphatic hydroxyl groups is 1. The number of nitrogens with one attached hydrogen (secondary N) is 1. The molecule has 0 aliphatic heterocycles. The van der Waals surface area contributed by atoms with Crippen LogP contribution in [0.1, 0.15) is 18.2 Å². The largest absolute Gasteiger partial charge is 0.481 e. The van der Waals surface area contributed by atoms with Gasteiger partial charge in [0.2, 0.25) is 0 Å². The number of aromatic nitrogens is 2. The highest BCUT2D eigenvalue weighted by Crippen LogP contribution is 2.16. The summed E-state index contributed by atoms with van der Waals surface area (Å²) in [7, 11) is 1.76. The van der Waals surface area contributed by atoms with Crippen LogP contribution >= 0.6 is 0 Å². The molecule has 2 aromatic rings. The summed E-state index contributed by atoms with van der Waals surface area (Å²) in [6, 6.07) is 8.80. The Morgan fingerprint density at radius 1 is 1.48 bits per heavy atom. The highest BCUT2D eigenvalue weighted by Gasteiger charge is 2.16. The molecule has 1 amide bonds. The fourth-order valence-corrected chi connectivity index (χ4v) is 1.93.